The molecule has 0 N–H and O–H groups in total. The summed E-state index contributed by atoms with van der Waals surface area (Å²) < 4.78 is 20.6. The summed E-state index contributed by atoms with van der Waals surface area (Å²) in [5.74, 6) is 1.35. The standard InChI is InChI=1S/C19H19ClFN3OS.ClH/c1-25-16-11-13(20)14(21)10-12(16)18-22-15-6-9-26-17(15)19(23-18)24-7-4-2-3-5-8-24;/h6,9-11H,2-5,7-8H2,1H3;1H. The number of hydrogen-bond donors (Lipinski definition) is 0. The van der Waals surface area contributed by atoms with Crippen LogP contribution in [0.3, 0.4) is 0 Å². The Bertz CT molecular complexity index is 942. The van der Waals surface area contributed by atoms with Gasteiger partial charge < -0.3 is 9.64 Å². The van der Waals surface area contributed by atoms with Crippen molar-refractivity contribution in [3.05, 3.63) is 34.4 Å². The summed E-state index contributed by atoms with van der Waals surface area (Å²) in [6.07, 6.45) is 4.81. The van der Waals surface area contributed by atoms with E-state index in [1.807, 2.05) is 11.4 Å². The number of anilines is 1. The Morgan fingerprint density at radius 2 is 1.89 bits per heavy atom. The summed E-state index contributed by atoms with van der Waals surface area (Å²) in [5.41, 5.74) is 1.38. The highest BCUT2D eigenvalue weighted by molar-refractivity contribution is 7.17. The second-order valence-corrected chi connectivity index (χ2v) is 7.70. The van der Waals surface area contributed by atoms with Gasteiger partial charge in [0.25, 0.3) is 0 Å². The summed E-state index contributed by atoms with van der Waals surface area (Å²) in [6.45, 7) is 1.96. The molecule has 0 atom stereocenters. The summed E-state index contributed by atoms with van der Waals surface area (Å²) in [4.78, 5) is 11.8. The van der Waals surface area contributed by atoms with Gasteiger partial charge in [0.15, 0.2) is 11.6 Å². The van der Waals surface area contributed by atoms with E-state index in [1.165, 1.54) is 32.1 Å². The van der Waals surface area contributed by atoms with E-state index in [9.17, 15) is 4.39 Å². The quantitative estimate of drug-likeness (QED) is 0.516. The molecule has 3 heterocycles. The van der Waals surface area contributed by atoms with Crippen LogP contribution >= 0.6 is 35.3 Å². The number of nitrogens with zero attached hydrogens (tertiary/aromatic N) is 3. The predicted octanol–water partition coefficient (Wildman–Crippen LogP) is 5.96. The van der Waals surface area contributed by atoms with Crippen molar-refractivity contribution in [1.82, 2.24) is 9.97 Å². The van der Waals surface area contributed by atoms with Crippen molar-refractivity contribution in [3.8, 4) is 17.1 Å². The van der Waals surface area contributed by atoms with Crippen molar-refractivity contribution >= 4 is 51.4 Å². The predicted molar refractivity (Wildman–Crippen MR) is 112 cm³/mol. The molecule has 1 saturated heterocycles. The van der Waals surface area contributed by atoms with Crippen LogP contribution in [0.25, 0.3) is 21.6 Å². The normalized spacial score (nSPS) is 14.7. The monoisotopic (exact) mass is 427 g/mol. The maximum absolute atomic E-state index is 14.1. The number of ether oxygens (including phenoxy) is 1. The molecule has 1 aromatic carbocycles. The lowest BCUT2D eigenvalue weighted by atomic mass is 10.1. The first-order valence-electron chi connectivity index (χ1n) is 8.71. The van der Waals surface area contributed by atoms with Gasteiger partial charge in [-0.1, -0.05) is 24.4 Å². The number of fused-ring (bicyclic) bond motifs is 1. The number of rotatable bonds is 3. The number of aromatic nitrogens is 2. The van der Waals surface area contributed by atoms with Crippen molar-refractivity contribution in [1.29, 1.82) is 0 Å². The van der Waals surface area contributed by atoms with Gasteiger partial charge in [-0.05, 0) is 30.4 Å². The first-order chi connectivity index (χ1) is 12.7. The van der Waals surface area contributed by atoms with Crippen LogP contribution in [0.1, 0.15) is 25.7 Å². The fraction of sp³-hybridized carbons (Fsp3) is 0.368. The second-order valence-electron chi connectivity index (χ2n) is 6.37. The van der Waals surface area contributed by atoms with Crippen LogP contribution in [0.5, 0.6) is 5.75 Å². The highest BCUT2D eigenvalue weighted by Gasteiger charge is 2.20. The van der Waals surface area contributed by atoms with Gasteiger partial charge in [0.1, 0.15) is 11.6 Å². The maximum atomic E-state index is 14.1. The number of methoxy groups -OCH3 is 1. The van der Waals surface area contributed by atoms with Crippen LogP contribution in [-0.4, -0.2) is 30.2 Å². The fourth-order valence-electron chi connectivity index (χ4n) is 3.34. The minimum Gasteiger partial charge on any atom is -0.496 e. The Balaban J connectivity index is 0.00000210. The Hall–Kier alpha value is -1.63. The number of halogens is 3. The Kier molecular flexibility index (Phi) is 6.40. The molecule has 1 fully saturated rings. The van der Waals surface area contributed by atoms with Crippen molar-refractivity contribution in [2.75, 3.05) is 25.1 Å². The third-order valence-electron chi connectivity index (χ3n) is 4.67. The van der Waals surface area contributed by atoms with Crippen molar-refractivity contribution in [3.63, 3.8) is 0 Å². The molecular formula is C19H20Cl2FN3OS. The number of hydrogen-bond acceptors (Lipinski definition) is 5. The van der Waals surface area contributed by atoms with Crippen LogP contribution in [0.15, 0.2) is 23.6 Å². The lowest BCUT2D eigenvalue weighted by Gasteiger charge is -2.22. The average molecular weight is 428 g/mol. The van der Waals surface area contributed by atoms with Gasteiger partial charge in [-0.2, -0.15) is 0 Å². The lowest BCUT2D eigenvalue weighted by Crippen LogP contribution is -2.25. The van der Waals surface area contributed by atoms with Crippen LogP contribution in [0, 0.1) is 5.82 Å². The van der Waals surface area contributed by atoms with Gasteiger partial charge in [0.05, 0.1) is 27.9 Å². The fourth-order valence-corrected chi connectivity index (χ4v) is 4.34. The third-order valence-corrected chi connectivity index (χ3v) is 5.86. The molecule has 4 nitrogen and oxygen atoms in total. The molecule has 8 heteroatoms. The largest absolute Gasteiger partial charge is 0.496 e. The molecule has 1 aliphatic heterocycles. The van der Waals surface area contributed by atoms with Gasteiger partial charge in [-0.3, -0.25) is 0 Å². The number of benzene rings is 1. The highest BCUT2D eigenvalue weighted by Crippen LogP contribution is 2.37. The van der Waals surface area contributed by atoms with E-state index in [4.69, 9.17) is 21.3 Å². The van der Waals surface area contributed by atoms with E-state index < -0.39 is 5.82 Å². The molecule has 3 aromatic rings. The highest BCUT2D eigenvalue weighted by atomic mass is 35.5. The van der Waals surface area contributed by atoms with Gasteiger partial charge in [-0.15, -0.1) is 23.7 Å². The summed E-state index contributed by atoms with van der Waals surface area (Å²) in [6, 6.07) is 4.80. The molecule has 4 rings (SSSR count). The molecule has 2 aromatic heterocycles. The van der Waals surface area contributed by atoms with Crippen molar-refractivity contribution < 1.29 is 9.13 Å². The molecule has 1 aliphatic rings. The molecule has 0 unspecified atom stereocenters. The zero-order valence-electron chi connectivity index (χ0n) is 14.9. The van der Waals surface area contributed by atoms with E-state index >= 15 is 0 Å². The topological polar surface area (TPSA) is 38.2 Å². The molecule has 0 aliphatic carbocycles. The molecule has 0 saturated carbocycles. The van der Waals surface area contributed by atoms with Crippen molar-refractivity contribution in [2.45, 2.75) is 25.7 Å². The van der Waals surface area contributed by atoms with Gasteiger partial charge in [-0.25, -0.2) is 14.4 Å². The van der Waals surface area contributed by atoms with Gasteiger partial charge >= 0.3 is 0 Å². The Labute approximate surface area is 172 Å². The van der Waals surface area contributed by atoms with Crippen molar-refractivity contribution in [2.24, 2.45) is 0 Å². The van der Waals surface area contributed by atoms with E-state index in [-0.39, 0.29) is 17.4 Å². The maximum Gasteiger partial charge on any atom is 0.166 e. The molecule has 0 amide bonds. The first kappa shape index (κ1) is 20.1. The third kappa shape index (κ3) is 3.98. The zero-order valence-corrected chi connectivity index (χ0v) is 17.3. The molecule has 0 radical (unpaired) electrons. The first-order valence-corrected chi connectivity index (χ1v) is 9.96. The van der Waals surface area contributed by atoms with E-state index in [2.05, 4.69) is 9.88 Å². The summed E-state index contributed by atoms with van der Waals surface area (Å²) >= 11 is 7.54. The number of thiophene rings is 1. The second kappa shape index (κ2) is 8.59. The molecule has 144 valence electrons. The Morgan fingerprint density at radius 1 is 1.15 bits per heavy atom. The van der Waals surface area contributed by atoms with E-state index in [1.54, 1.807) is 11.3 Å². The Morgan fingerprint density at radius 3 is 2.59 bits per heavy atom. The molecule has 27 heavy (non-hydrogen) atoms. The van der Waals surface area contributed by atoms with Crippen LogP contribution in [0.2, 0.25) is 5.02 Å². The zero-order chi connectivity index (χ0) is 18.1. The minimum atomic E-state index is -0.507. The smallest absolute Gasteiger partial charge is 0.166 e. The molecular weight excluding hydrogens is 408 g/mol. The summed E-state index contributed by atoms with van der Waals surface area (Å²) in [7, 11) is 1.53. The SMILES string of the molecule is COc1cc(Cl)c(F)cc1-c1nc(N2CCCCCC2)c2sccc2n1.Cl. The van der Waals surface area contributed by atoms with E-state index in [0.717, 1.165) is 42.0 Å². The molecule has 0 spiro atoms. The minimum absolute atomic E-state index is 0. The van der Waals surface area contributed by atoms with E-state index in [0.29, 0.717) is 17.1 Å². The van der Waals surface area contributed by atoms with Crippen LogP contribution < -0.4 is 9.64 Å². The van der Waals surface area contributed by atoms with Gasteiger partial charge in [0, 0.05) is 19.2 Å². The average Bonchev–Trinajstić information content (AvgIpc) is 2.96. The van der Waals surface area contributed by atoms with Crippen LogP contribution in [0.4, 0.5) is 10.2 Å². The van der Waals surface area contributed by atoms with Gasteiger partial charge in [0.2, 0.25) is 0 Å². The summed E-state index contributed by atoms with van der Waals surface area (Å²) in [5, 5.41) is 2.04. The lowest BCUT2D eigenvalue weighted by molar-refractivity contribution is 0.415. The molecule has 0 bridgehead atoms. The van der Waals surface area contributed by atoms with Crippen LogP contribution in [-0.2, 0) is 0 Å².